The summed E-state index contributed by atoms with van der Waals surface area (Å²) in [6.45, 7) is 8.04. The van der Waals surface area contributed by atoms with Gasteiger partial charge in [-0.2, -0.15) is 13.2 Å². The van der Waals surface area contributed by atoms with Gasteiger partial charge in [-0.1, -0.05) is 32.9 Å². The third-order valence-corrected chi connectivity index (χ3v) is 8.42. The van der Waals surface area contributed by atoms with Gasteiger partial charge in [-0.3, -0.25) is 9.59 Å². The number of likely N-dealkylation sites (N-methyl/N-ethyl adjacent to an activating group) is 1. The molecular formula is C29H39F3N2O4S. The molecule has 1 aromatic heterocycles. The fourth-order valence-electron chi connectivity index (χ4n) is 5.04. The van der Waals surface area contributed by atoms with Crippen molar-refractivity contribution in [2.24, 2.45) is 5.41 Å². The van der Waals surface area contributed by atoms with Crippen LogP contribution in [0.4, 0.5) is 13.2 Å². The molecular weight excluding hydrogens is 529 g/mol. The Morgan fingerprint density at radius 2 is 1.95 bits per heavy atom. The Morgan fingerprint density at radius 1 is 1.23 bits per heavy atom. The standard InChI is InChI=1S/C29H39F3N2O4S/c1-6-19-12-18(11-17(2)25(19)38-16-20(35)14-34-24(37)15-33-5)7-8-23(36)26-21-9-10-28(3,4)13-22(21)27(39-26)29(30,31)32/h11-12,20,33,35H,6-10,13-16H2,1-5H3,(H,34,37). The highest BCUT2D eigenvalue weighted by molar-refractivity contribution is 7.14. The molecule has 1 atom stereocenters. The highest BCUT2D eigenvalue weighted by Gasteiger charge is 2.42. The van der Waals surface area contributed by atoms with Gasteiger partial charge in [-0.15, -0.1) is 11.3 Å². The van der Waals surface area contributed by atoms with Gasteiger partial charge in [0.05, 0.1) is 11.4 Å². The summed E-state index contributed by atoms with van der Waals surface area (Å²) >= 11 is 0.609. The molecule has 3 N–H and O–H groups in total. The van der Waals surface area contributed by atoms with E-state index < -0.39 is 17.2 Å². The van der Waals surface area contributed by atoms with Crippen molar-refractivity contribution in [3.05, 3.63) is 49.7 Å². The zero-order valence-corrected chi connectivity index (χ0v) is 24.1. The lowest BCUT2D eigenvalue weighted by atomic mass is 9.74. The number of amides is 1. The largest absolute Gasteiger partial charge is 0.490 e. The molecule has 0 saturated heterocycles. The van der Waals surface area contributed by atoms with Crippen LogP contribution in [0, 0.1) is 12.3 Å². The summed E-state index contributed by atoms with van der Waals surface area (Å²) in [4.78, 5) is 24.4. The quantitative estimate of drug-likeness (QED) is 0.312. The number of halogens is 3. The van der Waals surface area contributed by atoms with Gasteiger partial charge in [0.15, 0.2) is 5.78 Å². The maximum atomic E-state index is 13.8. The Hall–Kier alpha value is -2.43. The van der Waals surface area contributed by atoms with Crippen LogP contribution in [0.3, 0.4) is 0 Å². The van der Waals surface area contributed by atoms with E-state index in [0.717, 1.165) is 23.1 Å². The van der Waals surface area contributed by atoms with Crippen LogP contribution < -0.4 is 15.4 Å². The summed E-state index contributed by atoms with van der Waals surface area (Å²) in [6.07, 6.45) is -2.56. The second-order valence-electron chi connectivity index (χ2n) is 11.0. The Labute approximate surface area is 232 Å². The van der Waals surface area contributed by atoms with Gasteiger partial charge in [0.2, 0.25) is 5.91 Å². The first-order chi connectivity index (χ1) is 18.3. The minimum Gasteiger partial charge on any atom is -0.490 e. The normalized spacial score (nSPS) is 15.5. The second-order valence-corrected chi connectivity index (χ2v) is 12.1. The number of thiophene rings is 1. The van der Waals surface area contributed by atoms with Gasteiger partial charge in [-0.05, 0) is 79.3 Å². The highest BCUT2D eigenvalue weighted by atomic mass is 32.1. The van der Waals surface area contributed by atoms with Crippen LogP contribution in [0.2, 0.25) is 0 Å². The number of rotatable bonds is 12. The molecule has 10 heteroatoms. The summed E-state index contributed by atoms with van der Waals surface area (Å²) in [5, 5.41) is 15.5. The van der Waals surface area contributed by atoms with E-state index >= 15 is 0 Å². The number of nitrogens with one attached hydrogen (secondary N) is 2. The molecule has 39 heavy (non-hydrogen) atoms. The molecule has 3 rings (SSSR count). The highest BCUT2D eigenvalue weighted by Crippen LogP contribution is 2.47. The van der Waals surface area contributed by atoms with Gasteiger partial charge >= 0.3 is 6.18 Å². The van der Waals surface area contributed by atoms with Gasteiger partial charge in [0.1, 0.15) is 23.3 Å². The van der Waals surface area contributed by atoms with Gasteiger partial charge in [0.25, 0.3) is 0 Å². The van der Waals surface area contributed by atoms with Crippen molar-refractivity contribution in [2.45, 2.75) is 78.5 Å². The van der Waals surface area contributed by atoms with Gasteiger partial charge in [-0.25, -0.2) is 0 Å². The number of ketones is 1. The van der Waals surface area contributed by atoms with Crippen LogP contribution in [0.5, 0.6) is 5.75 Å². The van der Waals surface area contributed by atoms with Crippen molar-refractivity contribution in [3.63, 3.8) is 0 Å². The predicted molar refractivity (Wildman–Crippen MR) is 147 cm³/mol. The monoisotopic (exact) mass is 568 g/mol. The van der Waals surface area contributed by atoms with E-state index in [-0.39, 0.29) is 48.1 Å². The zero-order valence-electron chi connectivity index (χ0n) is 23.3. The molecule has 0 saturated carbocycles. The maximum Gasteiger partial charge on any atom is 0.425 e. The average molecular weight is 569 g/mol. The first-order valence-electron chi connectivity index (χ1n) is 13.3. The van der Waals surface area contributed by atoms with Crippen molar-refractivity contribution in [1.29, 1.82) is 0 Å². The number of aryl methyl sites for hydroxylation is 3. The minimum atomic E-state index is -4.46. The topological polar surface area (TPSA) is 87.7 Å². The van der Waals surface area contributed by atoms with Crippen LogP contribution in [0.15, 0.2) is 12.1 Å². The number of fused-ring (bicyclic) bond motifs is 1. The number of Topliss-reactive ketones (excluding diaryl/α,β-unsaturated/α-hetero) is 1. The van der Waals surface area contributed by atoms with Crippen molar-refractivity contribution in [2.75, 3.05) is 26.7 Å². The minimum absolute atomic E-state index is 0.00728. The third-order valence-electron chi connectivity index (χ3n) is 7.06. The number of ether oxygens (including phenoxy) is 1. The Bertz CT molecular complexity index is 1190. The summed E-state index contributed by atoms with van der Waals surface area (Å²) < 4.78 is 47.3. The van der Waals surface area contributed by atoms with E-state index in [0.29, 0.717) is 53.9 Å². The average Bonchev–Trinajstić information content (AvgIpc) is 3.23. The number of benzene rings is 1. The fourth-order valence-corrected chi connectivity index (χ4v) is 6.24. The number of aliphatic hydroxyl groups is 1. The van der Waals surface area contributed by atoms with Crippen molar-refractivity contribution < 1.29 is 32.6 Å². The van der Waals surface area contributed by atoms with Crippen LogP contribution in [0.25, 0.3) is 0 Å². The molecule has 0 bridgehead atoms. The van der Waals surface area contributed by atoms with Crippen molar-refractivity contribution in [1.82, 2.24) is 10.6 Å². The molecule has 0 fully saturated rings. The molecule has 1 unspecified atom stereocenters. The second kappa shape index (κ2) is 12.8. The van der Waals surface area contributed by atoms with Crippen LogP contribution in [0.1, 0.15) is 76.0 Å². The Kier molecular flexibility index (Phi) is 10.2. The lowest BCUT2D eigenvalue weighted by Crippen LogP contribution is -2.39. The number of carbonyl (C=O) groups is 2. The molecule has 1 aromatic carbocycles. The molecule has 2 aromatic rings. The number of carbonyl (C=O) groups excluding carboxylic acids is 2. The number of alkyl halides is 3. The number of aliphatic hydroxyl groups excluding tert-OH is 1. The van der Waals surface area contributed by atoms with Crippen LogP contribution in [-0.2, 0) is 36.7 Å². The van der Waals surface area contributed by atoms with Gasteiger partial charge in [0, 0.05) is 13.0 Å². The van der Waals surface area contributed by atoms with Crippen LogP contribution >= 0.6 is 11.3 Å². The first kappa shape index (κ1) is 31.1. The SMILES string of the molecule is CCc1cc(CCC(=O)c2sc(C(F)(F)F)c3c2CCC(C)(C)C3)cc(C)c1OCC(O)CNC(=O)CNC. The molecule has 1 amide bonds. The van der Waals surface area contributed by atoms with Crippen LogP contribution in [-0.4, -0.2) is 49.6 Å². The van der Waals surface area contributed by atoms with E-state index in [1.807, 2.05) is 39.8 Å². The zero-order chi connectivity index (χ0) is 29.0. The first-order valence-corrected chi connectivity index (χ1v) is 14.2. The molecule has 0 spiro atoms. The smallest absolute Gasteiger partial charge is 0.425 e. The van der Waals surface area contributed by atoms with E-state index in [9.17, 15) is 27.9 Å². The van der Waals surface area contributed by atoms with E-state index in [2.05, 4.69) is 10.6 Å². The van der Waals surface area contributed by atoms with Crippen molar-refractivity contribution >= 4 is 23.0 Å². The lowest BCUT2D eigenvalue weighted by molar-refractivity contribution is -0.135. The third kappa shape index (κ3) is 8.05. The summed E-state index contributed by atoms with van der Waals surface area (Å²) in [6, 6.07) is 3.86. The lowest BCUT2D eigenvalue weighted by Gasteiger charge is -2.30. The van der Waals surface area contributed by atoms with Crippen molar-refractivity contribution in [3.8, 4) is 5.75 Å². The van der Waals surface area contributed by atoms with E-state index in [4.69, 9.17) is 4.74 Å². The van der Waals surface area contributed by atoms with E-state index in [1.165, 1.54) is 0 Å². The fraction of sp³-hybridized carbons (Fsp3) is 0.586. The van der Waals surface area contributed by atoms with E-state index in [1.54, 1.807) is 7.05 Å². The molecule has 1 heterocycles. The maximum absolute atomic E-state index is 13.8. The summed E-state index contributed by atoms with van der Waals surface area (Å²) in [5.41, 5.74) is 3.35. The summed E-state index contributed by atoms with van der Waals surface area (Å²) in [5.74, 6) is 0.186. The molecule has 0 radical (unpaired) electrons. The molecule has 1 aliphatic rings. The molecule has 1 aliphatic carbocycles. The summed E-state index contributed by atoms with van der Waals surface area (Å²) in [7, 11) is 1.66. The molecule has 6 nitrogen and oxygen atoms in total. The Morgan fingerprint density at radius 3 is 2.59 bits per heavy atom. The molecule has 0 aliphatic heterocycles. The molecule has 216 valence electrons. The van der Waals surface area contributed by atoms with Gasteiger partial charge < -0.3 is 20.5 Å². The predicted octanol–water partition coefficient (Wildman–Crippen LogP) is 5.04. The number of hydrogen-bond donors (Lipinski definition) is 3. The Balaban J connectivity index is 1.69. The number of hydrogen-bond acceptors (Lipinski definition) is 6.